The normalized spacial score (nSPS) is 13.0. The topological polar surface area (TPSA) is 117 Å². The van der Waals surface area contributed by atoms with Crippen molar-refractivity contribution < 1.29 is 37.4 Å². The SMILES string of the molecule is CC(=CC=C(C)C(=O)c1c(O)cc(CCCC=CNC(=O)O)oc1=O)CC(F)(F)F. The number of allylic oxidation sites excluding steroid dienone is 5. The second kappa shape index (κ2) is 11.0. The largest absolute Gasteiger partial charge is 0.507 e. The molecule has 0 aliphatic carbocycles. The molecule has 0 aromatic carbocycles. The van der Waals surface area contributed by atoms with E-state index in [1.165, 1.54) is 20.0 Å². The zero-order chi connectivity index (χ0) is 22.9. The predicted octanol–water partition coefficient (Wildman–Crippen LogP) is 4.48. The monoisotopic (exact) mass is 429 g/mol. The molecule has 0 aliphatic rings. The lowest BCUT2D eigenvalue weighted by molar-refractivity contribution is -0.127. The maximum atomic E-state index is 12.4. The van der Waals surface area contributed by atoms with Gasteiger partial charge in [0, 0.05) is 18.7 Å². The van der Waals surface area contributed by atoms with Crippen LogP contribution in [0.2, 0.25) is 0 Å². The second-order valence-corrected chi connectivity index (χ2v) is 6.49. The van der Waals surface area contributed by atoms with Gasteiger partial charge in [-0.05, 0) is 32.3 Å². The van der Waals surface area contributed by atoms with Gasteiger partial charge in [-0.15, -0.1) is 0 Å². The number of carboxylic acid groups (broad SMARTS) is 1. The predicted molar refractivity (Wildman–Crippen MR) is 102 cm³/mol. The van der Waals surface area contributed by atoms with E-state index in [9.17, 15) is 32.7 Å². The Morgan fingerprint density at radius 3 is 2.47 bits per heavy atom. The fourth-order valence-corrected chi connectivity index (χ4v) is 2.38. The van der Waals surface area contributed by atoms with Crippen molar-refractivity contribution in [1.29, 1.82) is 0 Å². The van der Waals surface area contributed by atoms with Crippen molar-refractivity contribution in [3.63, 3.8) is 0 Å². The molecule has 30 heavy (non-hydrogen) atoms. The van der Waals surface area contributed by atoms with E-state index >= 15 is 0 Å². The number of nitrogens with one attached hydrogen (secondary N) is 1. The molecule has 0 radical (unpaired) electrons. The van der Waals surface area contributed by atoms with Gasteiger partial charge in [-0.1, -0.05) is 23.8 Å². The maximum absolute atomic E-state index is 12.4. The van der Waals surface area contributed by atoms with Gasteiger partial charge in [-0.2, -0.15) is 13.2 Å². The first-order chi connectivity index (χ1) is 13.9. The third-order valence-corrected chi connectivity index (χ3v) is 3.78. The van der Waals surface area contributed by atoms with Crippen LogP contribution in [-0.4, -0.2) is 28.3 Å². The molecular weight excluding hydrogens is 407 g/mol. The van der Waals surface area contributed by atoms with E-state index in [4.69, 9.17) is 9.52 Å². The molecule has 1 aromatic rings. The molecule has 0 spiro atoms. The van der Waals surface area contributed by atoms with Crippen molar-refractivity contribution in [3.8, 4) is 5.75 Å². The smallest absolute Gasteiger partial charge is 0.408 e. The number of ketones is 1. The number of unbranched alkanes of at least 4 members (excludes halogenated alkanes) is 1. The molecule has 7 nitrogen and oxygen atoms in total. The van der Waals surface area contributed by atoms with Gasteiger partial charge in [-0.3, -0.25) is 10.1 Å². The van der Waals surface area contributed by atoms with E-state index in [1.807, 2.05) is 5.32 Å². The number of amides is 1. The number of hydrogen-bond donors (Lipinski definition) is 3. The molecule has 164 valence electrons. The van der Waals surface area contributed by atoms with Gasteiger partial charge in [-0.25, -0.2) is 9.59 Å². The van der Waals surface area contributed by atoms with Crippen LogP contribution in [-0.2, 0) is 6.42 Å². The van der Waals surface area contributed by atoms with Crippen LogP contribution >= 0.6 is 0 Å². The first-order valence-electron chi connectivity index (χ1n) is 8.86. The zero-order valence-corrected chi connectivity index (χ0v) is 16.4. The Labute approximate surface area is 170 Å². The molecule has 1 amide bonds. The van der Waals surface area contributed by atoms with Gasteiger partial charge in [0.1, 0.15) is 17.1 Å². The summed E-state index contributed by atoms with van der Waals surface area (Å²) < 4.78 is 42.0. The minimum absolute atomic E-state index is 0.0196. The van der Waals surface area contributed by atoms with Crippen LogP contribution in [0.3, 0.4) is 0 Å². The van der Waals surface area contributed by atoms with Crippen LogP contribution in [0.4, 0.5) is 18.0 Å². The lowest BCUT2D eigenvalue weighted by Crippen LogP contribution is -2.16. The van der Waals surface area contributed by atoms with Crippen molar-refractivity contribution in [2.24, 2.45) is 0 Å². The van der Waals surface area contributed by atoms with E-state index in [1.54, 1.807) is 6.08 Å². The number of alkyl halides is 3. The molecule has 3 N–H and O–H groups in total. The van der Waals surface area contributed by atoms with Crippen LogP contribution in [0.1, 0.15) is 49.2 Å². The summed E-state index contributed by atoms with van der Waals surface area (Å²) in [4.78, 5) is 34.8. The lowest BCUT2D eigenvalue weighted by atomic mass is 10.0. The van der Waals surface area contributed by atoms with Crippen molar-refractivity contribution in [2.75, 3.05) is 0 Å². The summed E-state index contributed by atoms with van der Waals surface area (Å²) in [5, 5.41) is 20.5. The Morgan fingerprint density at radius 2 is 1.90 bits per heavy atom. The third kappa shape index (κ3) is 8.80. The van der Waals surface area contributed by atoms with Crippen molar-refractivity contribution in [2.45, 2.75) is 45.7 Å². The van der Waals surface area contributed by atoms with Gasteiger partial charge in [0.05, 0.1) is 6.42 Å². The fraction of sp³-hybridized carbons (Fsp3) is 0.350. The summed E-state index contributed by atoms with van der Waals surface area (Å²) in [5.74, 6) is -1.30. The Balaban J connectivity index is 2.85. The zero-order valence-electron chi connectivity index (χ0n) is 16.4. The number of halogens is 3. The number of carbonyl (C=O) groups excluding carboxylic acids is 1. The summed E-state index contributed by atoms with van der Waals surface area (Å²) in [6, 6.07) is 1.13. The summed E-state index contributed by atoms with van der Waals surface area (Å²) in [5.41, 5.74) is -1.71. The molecule has 0 unspecified atom stereocenters. The van der Waals surface area contributed by atoms with Gasteiger partial charge >= 0.3 is 17.9 Å². The van der Waals surface area contributed by atoms with E-state index in [2.05, 4.69) is 0 Å². The Morgan fingerprint density at radius 1 is 1.23 bits per heavy atom. The Kier molecular flexibility index (Phi) is 9.10. The maximum Gasteiger partial charge on any atom is 0.408 e. The molecule has 1 heterocycles. The molecule has 0 atom stereocenters. The molecule has 1 aromatic heterocycles. The molecule has 0 saturated carbocycles. The number of carbonyl (C=O) groups is 2. The summed E-state index contributed by atoms with van der Waals surface area (Å²) in [6.45, 7) is 2.57. The molecule has 0 bridgehead atoms. The minimum atomic E-state index is -4.37. The highest BCUT2D eigenvalue weighted by Gasteiger charge is 2.27. The molecule has 1 rings (SSSR count). The van der Waals surface area contributed by atoms with E-state index in [0.717, 1.165) is 18.2 Å². The number of rotatable bonds is 9. The van der Waals surface area contributed by atoms with Gasteiger partial charge in [0.2, 0.25) is 0 Å². The van der Waals surface area contributed by atoms with Crippen LogP contribution in [0.25, 0.3) is 0 Å². The highest BCUT2D eigenvalue weighted by Crippen LogP contribution is 2.24. The van der Waals surface area contributed by atoms with E-state index < -0.39 is 41.4 Å². The molecule has 0 saturated heterocycles. The first-order valence-corrected chi connectivity index (χ1v) is 8.86. The van der Waals surface area contributed by atoms with Crippen LogP contribution in [0.15, 0.2) is 50.9 Å². The molecule has 0 fully saturated rings. The summed E-state index contributed by atoms with van der Waals surface area (Å²) in [6.07, 6.45) is -0.412. The molecular formula is C20H22F3NO6. The fourth-order valence-electron chi connectivity index (χ4n) is 2.38. The average Bonchev–Trinajstić information content (AvgIpc) is 2.60. The quantitative estimate of drug-likeness (QED) is 0.231. The van der Waals surface area contributed by atoms with Crippen LogP contribution < -0.4 is 10.9 Å². The van der Waals surface area contributed by atoms with Gasteiger partial charge in [0.15, 0.2) is 5.78 Å². The lowest BCUT2D eigenvalue weighted by Gasteiger charge is -2.06. The standard InChI is InChI=1S/C20H22F3NO6/c1-12(11-20(21,22)23)7-8-13(2)17(26)16-15(25)10-14(30-18(16)27)6-4-3-5-9-24-19(28)29/h5,7-10,24-25H,3-4,6,11H2,1-2H3,(H,28,29). The second-order valence-electron chi connectivity index (χ2n) is 6.49. The third-order valence-electron chi connectivity index (χ3n) is 3.78. The number of aryl methyl sites for hydroxylation is 1. The van der Waals surface area contributed by atoms with Gasteiger partial charge in [0.25, 0.3) is 0 Å². The number of aromatic hydroxyl groups is 1. The Hall–Kier alpha value is -3.30. The highest BCUT2D eigenvalue weighted by molar-refractivity contribution is 6.09. The van der Waals surface area contributed by atoms with E-state index in [-0.39, 0.29) is 23.3 Å². The number of hydrogen-bond acceptors (Lipinski definition) is 5. The number of Topliss-reactive ketones (excluding diaryl/α,β-unsaturated/α-hetero) is 1. The first kappa shape index (κ1) is 24.7. The van der Waals surface area contributed by atoms with Gasteiger partial charge < -0.3 is 14.6 Å². The Bertz CT molecular complexity index is 925. The molecule has 0 aliphatic heterocycles. The summed E-state index contributed by atoms with van der Waals surface area (Å²) in [7, 11) is 0. The average molecular weight is 429 g/mol. The van der Waals surface area contributed by atoms with Crippen LogP contribution in [0, 0.1) is 0 Å². The van der Waals surface area contributed by atoms with Crippen LogP contribution in [0.5, 0.6) is 5.75 Å². The van der Waals surface area contributed by atoms with E-state index in [0.29, 0.717) is 12.8 Å². The van der Waals surface area contributed by atoms with Crippen molar-refractivity contribution in [3.05, 3.63) is 63.4 Å². The minimum Gasteiger partial charge on any atom is -0.507 e. The molecule has 10 heteroatoms. The van der Waals surface area contributed by atoms with Crippen molar-refractivity contribution >= 4 is 11.9 Å². The van der Waals surface area contributed by atoms with Crippen molar-refractivity contribution in [1.82, 2.24) is 5.32 Å². The summed E-state index contributed by atoms with van der Waals surface area (Å²) >= 11 is 0. The highest BCUT2D eigenvalue weighted by atomic mass is 19.4.